The van der Waals surface area contributed by atoms with Crippen molar-refractivity contribution in [3.05, 3.63) is 82.0 Å². The molecule has 0 spiro atoms. The molecule has 6 nitrogen and oxygen atoms in total. The van der Waals surface area contributed by atoms with Gasteiger partial charge < -0.3 is 20.4 Å². The highest BCUT2D eigenvalue weighted by molar-refractivity contribution is 7.12. The van der Waals surface area contributed by atoms with Gasteiger partial charge in [-0.1, -0.05) is 30.3 Å². The minimum absolute atomic E-state index is 0.0858. The van der Waals surface area contributed by atoms with Crippen molar-refractivity contribution in [2.24, 2.45) is 0 Å². The number of nitrogens with zero attached hydrogens (tertiary/aromatic N) is 2. The molecule has 1 aliphatic rings. The zero-order valence-corrected chi connectivity index (χ0v) is 18.3. The van der Waals surface area contributed by atoms with Gasteiger partial charge in [-0.25, -0.2) is 0 Å². The van der Waals surface area contributed by atoms with E-state index in [1.165, 1.54) is 11.3 Å². The molecule has 1 aliphatic heterocycles. The van der Waals surface area contributed by atoms with E-state index in [0.29, 0.717) is 17.0 Å². The first-order chi connectivity index (χ1) is 15.1. The molecule has 0 saturated carbocycles. The number of hydrogen-bond donors (Lipinski definition) is 2. The molecular formula is C24H26N4O2S. The molecule has 31 heavy (non-hydrogen) atoms. The summed E-state index contributed by atoms with van der Waals surface area (Å²) in [4.78, 5) is 30.2. The van der Waals surface area contributed by atoms with E-state index in [9.17, 15) is 9.59 Å². The van der Waals surface area contributed by atoms with Crippen molar-refractivity contribution in [3.63, 3.8) is 0 Å². The Morgan fingerprint density at radius 2 is 1.65 bits per heavy atom. The van der Waals surface area contributed by atoms with Crippen molar-refractivity contribution in [3.8, 4) is 0 Å². The summed E-state index contributed by atoms with van der Waals surface area (Å²) in [7, 11) is 2.13. The van der Waals surface area contributed by atoms with Crippen molar-refractivity contribution in [2.75, 3.05) is 43.4 Å². The van der Waals surface area contributed by atoms with Gasteiger partial charge in [-0.3, -0.25) is 9.59 Å². The van der Waals surface area contributed by atoms with E-state index < -0.39 is 0 Å². The van der Waals surface area contributed by atoms with E-state index in [-0.39, 0.29) is 11.8 Å². The summed E-state index contributed by atoms with van der Waals surface area (Å²) < 4.78 is 0. The topological polar surface area (TPSA) is 64.7 Å². The maximum absolute atomic E-state index is 12.8. The van der Waals surface area contributed by atoms with Crippen LogP contribution in [0.4, 0.5) is 11.4 Å². The highest BCUT2D eigenvalue weighted by atomic mass is 32.1. The van der Waals surface area contributed by atoms with Crippen molar-refractivity contribution in [2.45, 2.75) is 6.54 Å². The second-order valence-electron chi connectivity index (χ2n) is 7.62. The lowest BCUT2D eigenvalue weighted by atomic mass is 10.1. The van der Waals surface area contributed by atoms with Crippen molar-refractivity contribution in [1.29, 1.82) is 0 Å². The molecule has 4 rings (SSSR count). The number of nitrogens with one attached hydrogen (secondary N) is 2. The van der Waals surface area contributed by atoms with Crippen LogP contribution in [0.2, 0.25) is 0 Å². The van der Waals surface area contributed by atoms with E-state index in [0.717, 1.165) is 43.1 Å². The van der Waals surface area contributed by atoms with Gasteiger partial charge in [-0.05, 0) is 48.3 Å². The minimum atomic E-state index is -0.143. The molecule has 1 saturated heterocycles. The molecular weight excluding hydrogens is 408 g/mol. The van der Waals surface area contributed by atoms with Crippen LogP contribution in [0.1, 0.15) is 25.6 Å². The van der Waals surface area contributed by atoms with E-state index in [2.05, 4.69) is 33.5 Å². The van der Waals surface area contributed by atoms with Gasteiger partial charge in [0, 0.05) is 38.3 Å². The van der Waals surface area contributed by atoms with E-state index >= 15 is 0 Å². The van der Waals surface area contributed by atoms with Crippen LogP contribution < -0.4 is 15.5 Å². The van der Waals surface area contributed by atoms with Gasteiger partial charge in [0.05, 0.1) is 16.3 Å². The number of thiophene rings is 1. The average molecular weight is 435 g/mol. The van der Waals surface area contributed by atoms with E-state index in [4.69, 9.17) is 0 Å². The molecule has 0 bridgehead atoms. The van der Waals surface area contributed by atoms with Crippen LogP contribution in [0.3, 0.4) is 0 Å². The lowest BCUT2D eigenvalue weighted by Crippen LogP contribution is -2.44. The smallest absolute Gasteiger partial charge is 0.261 e. The number of carbonyl (C=O) groups excluding carboxylic acids is 2. The first-order valence-electron chi connectivity index (χ1n) is 10.3. The summed E-state index contributed by atoms with van der Waals surface area (Å²) in [5, 5.41) is 7.84. The lowest BCUT2D eigenvalue weighted by molar-refractivity contribution is 0.0953. The fraction of sp³-hybridized carbons (Fsp3) is 0.250. The Morgan fingerprint density at radius 3 is 2.35 bits per heavy atom. The van der Waals surface area contributed by atoms with Gasteiger partial charge in [0.15, 0.2) is 0 Å². The van der Waals surface area contributed by atoms with Crippen molar-refractivity contribution < 1.29 is 9.59 Å². The molecule has 0 unspecified atom stereocenters. The second kappa shape index (κ2) is 9.76. The molecule has 1 aromatic heterocycles. The van der Waals surface area contributed by atoms with Crippen molar-refractivity contribution >= 4 is 34.5 Å². The van der Waals surface area contributed by atoms with E-state index in [1.807, 2.05) is 41.8 Å². The van der Waals surface area contributed by atoms with Crippen molar-refractivity contribution in [1.82, 2.24) is 10.2 Å². The Kier molecular flexibility index (Phi) is 6.64. The van der Waals surface area contributed by atoms with Gasteiger partial charge in [0.1, 0.15) is 0 Å². The molecule has 2 N–H and O–H groups in total. The highest BCUT2D eigenvalue weighted by Crippen LogP contribution is 2.27. The van der Waals surface area contributed by atoms with Crippen LogP contribution in [0.25, 0.3) is 0 Å². The Hall–Kier alpha value is -3.16. The van der Waals surface area contributed by atoms with Gasteiger partial charge >= 0.3 is 0 Å². The van der Waals surface area contributed by atoms with Crippen LogP contribution in [-0.2, 0) is 6.54 Å². The van der Waals surface area contributed by atoms with Gasteiger partial charge in [0.2, 0.25) is 0 Å². The summed E-state index contributed by atoms with van der Waals surface area (Å²) in [6.45, 7) is 4.31. The Morgan fingerprint density at radius 1 is 0.903 bits per heavy atom. The fourth-order valence-electron chi connectivity index (χ4n) is 3.55. The number of benzene rings is 2. The third-order valence-electron chi connectivity index (χ3n) is 5.41. The zero-order chi connectivity index (χ0) is 21.6. The predicted molar refractivity (Wildman–Crippen MR) is 126 cm³/mol. The first-order valence-corrected chi connectivity index (χ1v) is 11.2. The average Bonchev–Trinajstić information content (AvgIpc) is 3.34. The molecule has 160 valence electrons. The molecule has 0 aliphatic carbocycles. The quantitative estimate of drug-likeness (QED) is 0.621. The summed E-state index contributed by atoms with van der Waals surface area (Å²) in [5.41, 5.74) is 3.40. The lowest BCUT2D eigenvalue weighted by Gasteiger charge is -2.35. The molecule has 7 heteroatoms. The van der Waals surface area contributed by atoms with Crippen LogP contribution in [0.5, 0.6) is 0 Å². The number of carbonyl (C=O) groups is 2. The molecule has 2 amide bonds. The van der Waals surface area contributed by atoms with Crippen LogP contribution >= 0.6 is 11.3 Å². The number of anilines is 2. The maximum Gasteiger partial charge on any atom is 0.261 e. The van der Waals surface area contributed by atoms with Crippen LogP contribution in [-0.4, -0.2) is 49.9 Å². The first kappa shape index (κ1) is 21.1. The SMILES string of the molecule is CN1CCN(c2ccccc2NC(=O)c2ccc(CNC(=O)c3cccs3)cc2)CC1. The standard InChI is InChI=1S/C24H26N4O2S/c1-27-12-14-28(15-13-27)21-6-3-2-5-20(21)26-23(29)19-10-8-18(9-11-19)17-25-24(30)22-7-4-16-31-22/h2-11,16H,12-15,17H2,1H3,(H,25,30)(H,26,29). The van der Waals surface area contributed by atoms with Crippen LogP contribution in [0, 0.1) is 0 Å². The number of para-hydroxylation sites is 2. The summed E-state index contributed by atoms with van der Waals surface area (Å²) in [6, 6.07) is 18.9. The molecule has 3 aromatic rings. The maximum atomic E-state index is 12.8. The molecule has 2 aromatic carbocycles. The highest BCUT2D eigenvalue weighted by Gasteiger charge is 2.18. The summed E-state index contributed by atoms with van der Waals surface area (Å²) in [6.07, 6.45) is 0. The number of likely N-dealkylation sites (N-methyl/N-ethyl adjacent to an activating group) is 1. The molecule has 0 atom stereocenters. The third kappa shape index (κ3) is 5.31. The van der Waals surface area contributed by atoms with Gasteiger partial charge in [-0.15, -0.1) is 11.3 Å². The summed E-state index contributed by atoms with van der Waals surface area (Å²) >= 11 is 1.41. The van der Waals surface area contributed by atoms with Crippen LogP contribution in [0.15, 0.2) is 66.0 Å². The normalized spacial score (nSPS) is 14.3. The Labute approximate surface area is 186 Å². The van der Waals surface area contributed by atoms with Gasteiger partial charge in [0.25, 0.3) is 11.8 Å². The molecule has 1 fully saturated rings. The number of hydrogen-bond acceptors (Lipinski definition) is 5. The number of piperazine rings is 1. The monoisotopic (exact) mass is 434 g/mol. The third-order valence-corrected chi connectivity index (χ3v) is 6.28. The molecule has 2 heterocycles. The number of amides is 2. The minimum Gasteiger partial charge on any atom is -0.367 e. The van der Waals surface area contributed by atoms with Gasteiger partial charge in [-0.2, -0.15) is 0 Å². The Bertz CT molecular complexity index is 1030. The number of rotatable bonds is 6. The summed E-state index contributed by atoms with van der Waals surface area (Å²) in [5.74, 6) is -0.229. The fourth-order valence-corrected chi connectivity index (χ4v) is 4.19. The Balaban J connectivity index is 1.37. The zero-order valence-electron chi connectivity index (χ0n) is 17.5. The largest absolute Gasteiger partial charge is 0.367 e. The molecule has 0 radical (unpaired) electrons. The van der Waals surface area contributed by atoms with E-state index in [1.54, 1.807) is 18.2 Å². The predicted octanol–water partition coefficient (Wildman–Crippen LogP) is 3.68. The second-order valence-corrected chi connectivity index (χ2v) is 8.57.